The lowest BCUT2D eigenvalue weighted by atomic mass is 9.41. The Morgan fingerprint density at radius 2 is 1.70 bits per heavy atom. The summed E-state index contributed by atoms with van der Waals surface area (Å²) in [6, 6.07) is 0.506. The molecule has 2 spiro atoms. The predicted octanol–water partition coefficient (Wildman–Crippen LogP) is 5.58. The quantitative estimate of drug-likeness (QED) is 0.329. The first-order valence-electron chi connectivity index (χ1n) is 20.3. The van der Waals surface area contributed by atoms with E-state index in [0.717, 1.165) is 52.2 Å². The molecule has 2 N–H and O–H groups in total. The van der Waals surface area contributed by atoms with Crippen LogP contribution in [0.1, 0.15) is 114 Å². The van der Waals surface area contributed by atoms with E-state index < -0.39 is 23.9 Å². The monoisotopic (exact) mass is 701 g/mol. The molecule has 5 aliphatic carbocycles. The topological polar surface area (TPSA) is 107 Å². The summed E-state index contributed by atoms with van der Waals surface area (Å²) in [5.41, 5.74) is -0.984. The molecule has 0 aromatic carbocycles. The van der Waals surface area contributed by atoms with Crippen molar-refractivity contribution in [3.63, 3.8) is 0 Å². The number of nitrogens with zero attached hydrogens (tertiary/aromatic N) is 1. The number of aliphatic hydroxyl groups excluding tert-OH is 1. The van der Waals surface area contributed by atoms with E-state index in [4.69, 9.17) is 23.7 Å². The van der Waals surface area contributed by atoms with Crippen molar-refractivity contribution in [3.05, 3.63) is 0 Å². The molecule has 50 heavy (non-hydrogen) atoms. The molecule has 9 nitrogen and oxygen atoms in total. The molecule has 0 bridgehead atoms. The maximum Gasteiger partial charge on any atom is 0.308 e. The van der Waals surface area contributed by atoms with Gasteiger partial charge in [-0.25, -0.2) is 0 Å². The predicted molar refractivity (Wildman–Crippen MR) is 188 cm³/mol. The Morgan fingerprint density at radius 3 is 2.36 bits per heavy atom. The number of aliphatic hydroxyl groups is 2. The number of ether oxygens (including phenoxy) is 5. The summed E-state index contributed by atoms with van der Waals surface area (Å²) in [6.45, 7) is 23.4. The summed E-state index contributed by atoms with van der Waals surface area (Å²) in [5, 5.41) is 23.9. The number of rotatable bonds is 7. The van der Waals surface area contributed by atoms with Crippen LogP contribution in [0.4, 0.5) is 0 Å². The standard InChI is InChI=1S/C41H67NO8/c1-23(2)35(44)50-34(37(6,7)45)26-18-24(3)31-32(48-26)33(43)39(9)28-11-10-27-36(4,5)29(49-30-19-42(16-17-47-30)25-20-46-21-25)12-13-40(27)22-41(28,40)15-14-38(31,39)8/h23-34,43,45H,10-22H2,1-9H3/t24-,26?,27+,28?,29+,30+,31+,32?,33+,34+,38-,39-,40-,41+/m1/s1. The number of hydrogen-bond donors (Lipinski definition) is 2. The van der Waals surface area contributed by atoms with E-state index in [1.165, 1.54) is 25.7 Å². The zero-order chi connectivity index (χ0) is 35.8. The molecule has 14 atom stereocenters. The molecule has 3 aliphatic heterocycles. The second kappa shape index (κ2) is 11.8. The molecule has 9 heteroatoms. The van der Waals surface area contributed by atoms with Crippen LogP contribution in [0.25, 0.3) is 0 Å². The van der Waals surface area contributed by atoms with Crippen LogP contribution < -0.4 is 0 Å². The maximum absolute atomic E-state index is 12.8. The van der Waals surface area contributed by atoms with Gasteiger partial charge in [0.15, 0.2) is 12.4 Å². The fourth-order valence-electron chi connectivity index (χ4n) is 14.4. The first kappa shape index (κ1) is 36.2. The molecule has 0 amide bonds. The minimum absolute atomic E-state index is 0.0479. The summed E-state index contributed by atoms with van der Waals surface area (Å²) in [6.07, 6.45) is 6.71. The molecule has 0 radical (unpaired) electrons. The minimum atomic E-state index is -1.27. The van der Waals surface area contributed by atoms with Crippen molar-refractivity contribution < 1.29 is 38.7 Å². The van der Waals surface area contributed by atoms with E-state index in [0.29, 0.717) is 29.7 Å². The number of carbonyl (C=O) groups excluding carboxylic acids is 1. The lowest BCUT2D eigenvalue weighted by molar-refractivity contribution is -0.256. The molecule has 284 valence electrons. The fraction of sp³-hybridized carbons (Fsp3) is 0.976. The van der Waals surface area contributed by atoms with Crippen LogP contribution in [-0.4, -0.2) is 102 Å². The van der Waals surface area contributed by atoms with Crippen molar-refractivity contribution in [1.82, 2.24) is 4.90 Å². The maximum atomic E-state index is 12.8. The van der Waals surface area contributed by atoms with Crippen LogP contribution in [0.15, 0.2) is 0 Å². The number of carbonyl (C=O) groups is 1. The van der Waals surface area contributed by atoms with Gasteiger partial charge in [0.1, 0.15) is 0 Å². The molecular weight excluding hydrogens is 634 g/mol. The van der Waals surface area contributed by atoms with Crippen molar-refractivity contribution >= 4 is 5.97 Å². The van der Waals surface area contributed by atoms with Crippen LogP contribution in [0.5, 0.6) is 0 Å². The summed E-state index contributed by atoms with van der Waals surface area (Å²) in [7, 11) is 0. The van der Waals surface area contributed by atoms with Gasteiger partial charge in [0, 0.05) is 12.0 Å². The Morgan fingerprint density at radius 1 is 1.00 bits per heavy atom. The van der Waals surface area contributed by atoms with Gasteiger partial charge < -0.3 is 33.9 Å². The SMILES string of the molecule is CC(C)C(=O)O[C@@H](C1C[C@@H](C)[C@H]2C(O1)[C@H](O)[C@@]1(C)C3CC[C@H]4C(C)(C)[C@@H](O[C@H]5CN(C6COC6)CCO5)CC[C@@]45C[C@@]35CC[C@]21C)C(C)(C)O. The zero-order valence-corrected chi connectivity index (χ0v) is 32.4. The number of hydrogen-bond acceptors (Lipinski definition) is 9. The number of morpholine rings is 1. The van der Waals surface area contributed by atoms with Gasteiger partial charge >= 0.3 is 5.97 Å². The highest BCUT2D eigenvalue weighted by Gasteiger charge is 2.84. The average molecular weight is 702 g/mol. The van der Waals surface area contributed by atoms with E-state index in [1.807, 2.05) is 13.8 Å². The van der Waals surface area contributed by atoms with Crippen molar-refractivity contribution in [2.75, 3.05) is 32.9 Å². The van der Waals surface area contributed by atoms with E-state index in [-0.39, 0.29) is 63.9 Å². The molecule has 8 rings (SSSR count). The summed E-state index contributed by atoms with van der Waals surface area (Å²) in [4.78, 5) is 15.3. The molecule has 5 saturated carbocycles. The van der Waals surface area contributed by atoms with Crippen LogP contribution in [0.2, 0.25) is 0 Å². The molecular formula is C41H67NO8. The van der Waals surface area contributed by atoms with Gasteiger partial charge in [-0.2, -0.15) is 0 Å². The van der Waals surface area contributed by atoms with Crippen molar-refractivity contribution in [2.24, 2.45) is 56.7 Å². The highest BCUT2D eigenvalue weighted by atomic mass is 16.7. The van der Waals surface area contributed by atoms with Gasteiger partial charge in [-0.05, 0) is 111 Å². The average Bonchev–Trinajstić information content (AvgIpc) is 3.64. The third-order valence-corrected chi connectivity index (χ3v) is 17.0. The van der Waals surface area contributed by atoms with E-state index in [1.54, 1.807) is 13.8 Å². The van der Waals surface area contributed by atoms with Crippen LogP contribution >= 0.6 is 0 Å². The Labute approximate surface area is 300 Å². The third kappa shape index (κ3) is 4.91. The van der Waals surface area contributed by atoms with Gasteiger partial charge in [0.05, 0.1) is 68.3 Å². The zero-order valence-electron chi connectivity index (χ0n) is 32.4. The molecule has 8 fully saturated rings. The first-order valence-corrected chi connectivity index (χ1v) is 20.3. The lowest BCUT2D eigenvalue weighted by Crippen LogP contribution is -2.60. The molecule has 3 saturated heterocycles. The van der Waals surface area contributed by atoms with Gasteiger partial charge in [0.25, 0.3) is 0 Å². The molecule has 0 aromatic rings. The Kier molecular flexibility index (Phi) is 8.57. The summed E-state index contributed by atoms with van der Waals surface area (Å²) in [5.74, 6) is 0.899. The van der Waals surface area contributed by atoms with Crippen molar-refractivity contribution in [2.45, 2.75) is 162 Å². The normalized spacial score (nSPS) is 50.6. The lowest BCUT2D eigenvalue weighted by Gasteiger charge is -2.64. The second-order valence-corrected chi connectivity index (χ2v) is 20.3. The Balaban J connectivity index is 1.02. The number of esters is 1. The van der Waals surface area contributed by atoms with Gasteiger partial charge in [-0.15, -0.1) is 0 Å². The highest BCUT2D eigenvalue weighted by molar-refractivity contribution is 5.71. The highest BCUT2D eigenvalue weighted by Crippen LogP contribution is 2.89. The third-order valence-electron chi connectivity index (χ3n) is 17.0. The van der Waals surface area contributed by atoms with Gasteiger partial charge in [-0.1, -0.05) is 48.5 Å². The molecule has 0 aromatic heterocycles. The first-order chi connectivity index (χ1) is 23.4. The molecule has 8 aliphatic rings. The minimum Gasteiger partial charge on any atom is -0.456 e. The fourth-order valence-corrected chi connectivity index (χ4v) is 14.4. The van der Waals surface area contributed by atoms with Crippen molar-refractivity contribution in [3.8, 4) is 0 Å². The summed E-state index contributed by atoms with van der Waals surface area (Å²) >= 11 is 0. The van der Waals surface area contributed by atoms with Crippen LogP contribution in [0, 0.1) is 56.7 Å². The van der Waals surface area contributed by atoms with E-state index in [9.17, 15) is 15.0 Å². The van der Waals surface area contributed by atoms with Gasteiger partial charge in [-0.3, -0.25) is 9.69 Å². The second-order valence-electron chi connectivity index (χ2n) is 20.3. The molecule has 3 heterocycles. The Bertz CT molecular complexity index is 1330. The molecule has 3 unspecified atom stereocenters. The Hall–Kier alpha value is -0.810. The summed E-state index contributed by atoms with van der Waals surface area (Å²) < 4.78 is 31.5. The van der Waals surface area contributed by atoms with Crippen LogP contribution in [-0.2, 0) is 28.5 Å². The van der Waals surface area contributed by atoms with Crippen molar-refractivity contribution in [1.29, 1.82) is 0 Å². The largest absolute Gasteiger partial charge is 0.456 e. The van der Waals surface area contributed by atoms with Gasteiger partial charge in [0.2, 0.25) is 0 Å². The smallest absolute Gasteiger partial charge is 0.308 e. The number of fused-ring (bicyclic) bond motifs is 4. The van der Waals surface area contributed by atoms with E-state index >= 15 is 0 Å². The van der Waals surface area contributed by atoms with Crippen LogP contribution in [0.3, 0.4) is 0 Å². The van der Waals surface area contributed by atoms with E-state index in [2.05, 4.69) is 39.5 Å².